The number of hydrogen-bond acceptors (Lipinski definition) is 4. The van der Waals surface area contributed by atoms with Gasteiger partial charge < -0.3 is 4.74 Å². The minimum Gasteiger partial charge on any atom is -0.465 e. The van der Waals surface area contributed by atoms with Gasteiger partial charge in [0, 0.05) is 13.5 Å². The van der Waals surface area contributed by atoms with E-state index in [0.29, 0.717) is 13.0 Å². The van der Waals surface area contributed by atoms with Gasteiger partial charge in [0.25, 0.3) is 0 Å². The maximum Gasteiger partial charge on any atom is 0.325 e. The molecule has 0 aliphatic carbocycles. The highest BCUT2D eigenvalue weighted by Crippen LogP contribution is 2.38. The van der Waals surface area contributed by atoms with E-state index in [2.05, 4.69) is 0 Å². The lowest BCUT2D eigenvalue weighted by molar-refractivity contribution is -0.195. The van der Waals surface area contributed by atoms with Crippen LogP contribution in [0.5, 0.6) is 0 Å². The van der Waals surface area contributed by atoms with Crippen molar-refractivity contribution in [1.29, 1.82) is 0 Å². The van der Waals surface area contributed by atoms with Crippen molar-refractivity contribution in [1.82, 2.24) is 5.06 Å². The van der Waals surface area contributed by atoms with E-state index in [1.54, 1.807) is 12.1 Å². The van der Waals surface area contributed by atoms with Crippen LogP contribution in [-0.2, 0) is 20.0 Å². The quantitative estimate of drug-likeness (QED) is 0.769. The van der Waals surface area contributed by atoms with Crippen LogP contribution < -0.4 is 0 Å². The zero-order valence-electron chi connectivity index (χ0n) is 11.1. The molecule has 1 aliphatic rings. The van der Waals surface area contributed by atoms with Crippen LogP contribution in [0.15, 0.2) is 30.3 Å². The second kappa shape index (κ2) is 5.08. The lowest BCUT2D eigenvalue weighted by atomic mass is 9.90. The molecule has 18 heavy (non-hydrogen) atoms. The molecule has 0 amide bonds. The monoisotopic (exact) mass is 249 g/mol. The van der Waals surface area contributed by atoms with Crippen LogP contribution in [0, 0.1) is 0 Å². The summed E-state index contributed by atoms with van der Waals surface area (Å²) in [6, 6.07) is 9.61. The Bertz CT molecular complexity index is 420. The molecule has 0 spiro atoms. The first kappa shape index (κ1) is 13.1. The topological polar surface area (TPSA) is 38.8 Å². The third kappa shape index (κ3) is 2.40. The molecule has 98 valence electrons. The van der Waals surface area contributed by atoms with Crippen molar-refractivity contribution < 1.29 is 14.4 Å². The first-order valence-corrected chi connectivity index (χ1v) is 6.21. The molecule has 1 aliphatic heterocycles. The van der Waals surface area contributed by atoms with Gasteiger partial charge in [-0.1, -0.05) is 30.3 Å². The van der Waals surface area contributed by atoms with Gasteiger partial charge in [0.15, 0.2) is 0 Å². The van der Waals surface area contributed by atoms with Crippen molar-refractivity contribution in [2.45, 2.75) is 31.9 Å². The smallest absolute Gasteiger partial charge is 0.325 e. The summed E-state index contributed by atoms with van der Waals surface area (Å²) in [6.07, 6.45) is 0.604. The Morgan fingerprint density at radius 2 is 2.17 bits per heavy atom. The summed E-state index contributed by atoms with van der Waals surface area (Å²) in [4.78, 5) is 17.7. The Kier molecular flexibility index (Phi) is 3.68. The van der Waals surface area contributed by atoms with E-state index in [4.69, 9.17) is 9.57 Å². The van der Waals surface area contributed by atoms with Crippen molar-refractivity contribution in [3.05, 3.63) is 35.9 Å². The lowest BCUT2D eigenvalue weighted by Gasteiger charge is -2.23. The van der Waals surface area contributed by atoms with Crippen LogP contribution in [0.3, 0.4) is 0 Å². The van der Waals surface area contributed by atoms with Crippen LogP contribution in [0.25, 0.3) is 0 Å². The van der Waals surface area contributed by atoms with E-state index in [1.165, 1.54) is 0 Å². The molecule has 1 aromatic rings. The average molecular weight is 249 g/mol. The fourth-order valence-corrected chi connectivity index (χ4v) is 2.35. The summed E-state index contributed by atoms with van der Waals surface area (Å²) in [5.41, 5.74) is 0.608. The van der Waals surface area contributed by atoms with Crippen LogP contribution in [0.1, 0.15) is 25.8 Å². The summed E-state index contributed by atoms with van der Waals surface area (Å²) in [6.45, 7) is 4.20. The third-order valence-corrected chi connectivity index (χ3v) is 3.31. The Morgan fingerprint density at radius 3 is 2.78 bits per heavy atom. The number of benzene rings is 1. The molecule has 0 bridgehead atoms. The van der Waals surface area contributed by atoms with Crippen molar-refractivity contribution >= 4 is 5.97 Å². The highest BCUT2D eigenvalue weighted by molar-refractivity contribution is 5.76. The first-order chi connectivity index (χ1) is 8.57. The van der Waals surface area contributed by atoms with Gasteiger partial charge in [-0.2, -0.15) is 5.06 Å². The number of rotatable bonds is 3. The number of carbonyl (C=O) groups excluding carboxylic acids is 1. The molecule has 0 saturated carbocycles. The maximum atomic E-state index is 11.8. The molecule has 4 heteroatoms. The molecule has 0 radical (unpaired) electrons. The summed E-state index contributed by atoms with van der Waals surface area (Å²) in [5, 5.41) is 1.60. The van der Waals surface area contributed by atoms with E-state index in [9.17, 15) is 4.79 Å². The number of hydrogen-bond donors (Lipinski definition) is 0. The molecular formula is C14H19NO3. The van der Waals surface area contributed by atoms with E-state index < -0.39 is 5.60 Å². The summed E-state index contributed by atoms with van der Waals surface area (Å²) < 4.78 is 5.06. The van der Waals surface area contributed by atoms with E-state index >= 15 is 0 Å². The fraction of sp³-hybridized carbons (Fsp3) is 0.500. The van der Waals surface area contributed by atoms with Crippen molar-refractivity contribution in [2.24, 2.45) is 0 Å². The molecule has 1 aromatic carbocycles. The Labute approximate surface area is 107 Å². The lowest BCUT2D eigenvalue weighted by Crippen LogP contribution is -2.33. The largest absolute Gasteiger partial charge is 0.465 e. The van der Waals surface area contributed by atoms with Gasteiger partial charge in [0.05, 0.1) is 6.61 Å². The molecule has 0 aromatic heterocycles. The second-order valence-electron chi connectivity index (χ2n) is 4.71. The normalized spacial score (nSPS) is 28.3. The van der Waals surface area contributed by atoms with Gasteiger partial charge in [0.2, 0.25) is 0 Å². The number of hydroxylamine groups is 2. The average Bonchev–Trinajstić information content (AvgIpc) is 2.68. The van der Waals surface area contributed by atoms with Crippen LogP contribution in [0.4, 0.5) is 0 Å². The molecular weight excluding hydrogens is 230 g/mol. The molecule has 2 atom stereocenters. The van der Waals surface area contributed by atoms with Crippen LogP contribution in [-0.4, -0.2) is 30.7 Å². The highest BCUT2D eigenvalue weighted by atomic mass is 16.7. The van der Waals surface area contributed by atoms with Gasteiger partial charge in [-0.05, 0) is 19.4 Å². The standard InChI is InChI=1S/C14H19NO3/c1-4-17-13(16)12-10-14(2,18-15(12)3)11-8-6-5-7-9-11/h5-9,12H,4,10H2,1-3H3/t12-,14-/m0/s1. The zero-order valence-corrected chi connectivity index (χ0v) is 11.1. The SMILES string of the molecule is CCOC(=O)[C@@H]1C[C@@](C)(c2ccccc2)ON1C. The summed E-state index contributed by atoms with van der Waals surface area (Å²) in [7, 11) is 1.77. The zero-order chi connectivity index (χ0) is 13.2. The molecule has 1 heterocycles. The second-order valence-corrected chi connectivity index (χ2v) is 4.71. The third-order valence-electron chi connectivity index (χ3n) is 3.31. The van der Waals surface area contributed by atoms with Gasteiger partial charge in [-0.15, -0.1) is 0 Å². The number of nitrogens with zero attached hydrogens (tertiary/aromatic N) is 1. The van der Waals surface area contributed by atoms with E-state index in [1.807, 2.05) is 44.2 Å². The Hall–Kier alpha value is -1.39. The van der Waals surface area contributed by atoms with E-state index in [-0.39, 0.29) is 12.0 Å². The van der Waals surface area contributed by atoms with Crippen molar-refractivity contribution in [3.63, 3.8) is 0 Å². The predicted molar refractivity (Wildman–Crippen MR) is 67.7 cm³/mol. The van der Waals surface area contributed by atoms with Gasteiger partial charge in [-0.3, -0.25) is 9.63 Å². The summed E-state index contributed by atoms with van der Waals surface area (Å²) in [5.74, 6) is -0.223. The molecule has 0 N–H and O–H groups in total. The Balaban J connectivity index is 2.17. The molecule has 1 saturated heterocycles. The molecule has 1 fully saturated rings. The first-order valence-electron chi connectivity index (χ1n) is 6.21. The number of carbonyl (C=O) groups is 1. The van der Waals surface area contributed by atoms with Crippen molar-refractivity contribution in [3.8, 4) is 0 Å². The minimum atomic E-state index is -0.465. The van der Waals surface area contributed by atoms with Crippen molar-refractivity contribution in [2.75, 3.05) is 13.7 Å². The van der Waals surface area contributed by atoms with Gasteiger partial charge >= 0.3 is 5.97 Å². The number of likely N-dealkylation sites (N-methyl/N-ethyl adjacent to an activating group) is 1. The predicted octanol–water partition coefficient (Wildman–Crippen LogP) is 2.10. The highest BCUT2D eigenvalue weighted by Gasteiger charge is 2.45. The molecule has 2 rings (SSSR count). The summed E-state index contributed by atoms with van der Waals surface area (Å²) >= 11 is 0. The molecule has 0 unspecified atom stereocenters. The minimum absolute atomic E-state index is 0.223. The van der Waals surface area contributed by atoms with E-state index in [0.717, 1.165) is 5.56 Å². The van der Waals surface area contributed by atoms with Gasteiger partial charge in [0.1, 0.15) is 11.6 Å². The fourth-order valence-electron chi connectivity index (χ4n) is 2.35. The van der Waals surface area contributed by atoms with Gasteiger partial charge in [-0.25, -0.2) is 0 Å². The number of esters is 1. The Morgan fingerprint density at radius 1 is 1.50 bits per heavy atom. The van der Waals surface area contributed by atoms with Crippen LogP contribution in [0.2, 0.25) is 0 Å². The molecule has 4 nitrogen and oxygen atoms in total. The number of ether oxygens (including phenoxy) is 1. The maximum absolute atomic E-state index is 11.8. The van der Waals surface area contributed by atoms with Crippen LogP contribution >= 0.6 is 0 Å².